The molecule has 11 heavy (non-hydrogen) atoms. The van der Waals surface area contributed by atoms with E-state index in [2.05, 4.69) is 4.98 Å². The van der Waals surface area contributed by atoms with E-state index in [1.165, 1.54) is 29.8 Å². The van der Waals surface area contributed by atoms with E-state index in [9.17, 15) is 0 Å². The van der Waals surface area contributed by atoms with Gasteiger partial charge in [-0.15, -0.1) is 11.3 Å². The molecule has 4 heteroatoms. The molecule has 1 aromatic heterocycles. The number of nitrogens with two attached hydrogens (primary N) is 1. The third kappa shape index (κ3) is 1.65. The molecule has 0 radical (unpaired) electrons. The van der Waals surface area contributed by atoms with E-state index in [-0.39, 0.29) is 12.4 Å². The number of fused-ring (bicyclic) bond motifs is 1. The lowest BCUT2D eigenvalue weighted by atomic mass is 10.0. The second-order valence-electron chi connectivity index (χ2n) is 2.63. The van der Waals surface area contributed by atoms with Crippen LogP contribution in [0.25, 0.3) is 0 Å². The largest absolute Gasteiger partial charge is 1.00 e. The Morgan fingerprint density at radius 3 is 2.73 bits per heavy atom. The molecule has 2 nitrogen and oxygen atoms in total. The molecule has 1 aliphatic rings. The first-order valence-electron chi connectivity index (χ1n) is 3.60. The van der Waals surface area contributed by atoms with E-state index in [1.807, 2.05) is 0 Å². The van der Waals surface area contributed by atoms with Crippen molar-refractivity contribution in [3.05, 3.63) is 10.6 Å². The average molecular weight is 190 g/mol. The van der Waals surface area contributed by atoms with Crippen molar-refractivity contribution in [2.45, 2.75) is 25.7 Å². The van der Waals surface area contributed by atoms with Crippen LogP contribution in [0, 0.1) is 0 Å². The Bertz CT molecular complexity index is 223. The Hall–Kier alpha value is -0.280. The van der Waals surface area contributed by atoms with Gasteiger partial charge in [0.05, 0.1) is 5.69 Å². The third-order valence-corrected chi connectivity index (χ3v) is 2.85. The number of nitrogen functional groups attached to an aromatic ring is 1. The van der Waals surface area contributed by atoms with Crippen molar-refractivity contribution in [1.82, 2.24) is 4.98 Å². The number of rotatable bonds is 0. The number of aromatic nitrogens is 1. The number of hydrogen-bond donors (Lipinski definition) is 1. The van der Waals surface area contributed by atoms with Crippen LogP contribution in [0.4, 0.5) is 5.13 Å². The Labute approximate surface area is 76.2 Å². The topological polar surface area (TPSA) is 38.9 Å². The predicted octanol–water partition coefficient (Wildman–Crippen LogP) is -1.39. The van der Waals surface area contributed by atoms with Crippen LogP contribution in [-0.2, 0) is 12.8 Å². The number of nitrogens with zero attached hydrogens (tertiary/aromatic N) is 1. The van der Waals surface area contributed by atoms with Gasteiger partial charge in [0.1, 0.15) is 0 Å². The maximum atomic E-state index is 5.57. The fourth-order valence-electron chi connectivity index (χ4n) is 1.37. The normalized spacial score (nSPS) is 15.3. The quantitative estimate of drug-likeness (QED) is 0.546. The third-order valence-electron chi connectivity index (χ3n) is 1.86. The minimum atomic E-state index is 0. The zero-order valence-corrected chi connectivity index (χ0v) is 7.71. The summed E-state index contributed by atoms with van der Waals surface area (Å²) in [5.41, 5.74) is 6.82. The lowest BCUT2D eigenvalue weighted by molar-refractivity contribution is -0.00000211. The summed E-state index contributed by atoms with van der Waals surface area (Å²) < 4.78 is 0. The fourth-order valence-corrected chi connectivity index (χ4v) is 2.29. The summed E-state index contributed by atoms with van der Waals surface area (Å²) in [6, 6.07) is 0. The highest BCUT2D eigenvalue weighted by molar-refractivity contribution is 7.15. The Kier molecular flexibility index (Phi) is 2.73. The molecule has 0 spiro atoms. The zero-order chi connectivity index (χ0) is 6.97. The molecule has 0 bridgehead atoms. The van der Waals surface area contributed by atoms with E-state index >= 15 is 0 Å². The highest BCUT2D eigenvalue weighted by Gasteiger charge is 2.12. The molecule has 0 aromatic carbocycles. The molecule has 0 unspecified atom stereocenters. The van der Waals surface area contributed by atoms with E-state index in [1.54, 1.807) is 11.3 Å². The number of anilines is 1. The monoisotopic (exact) mass is 189 g/mol. The van der Waals surface area contributed by atoms with Crippen molar-refractivity contribution in [2.24, 2.45) is 0 Å². The zero-order valence-electron chi connectivity index (χ0n) is 6.14. The average Bonchev–Trinajstić information content (AvgIpc) is 2.27. The highest BCUT2D eigenvalue weighted by Crippen LogP contribution is 2.27. The maximum Gasteiger partial charge on any atom is 0.180 e. The van der Waals surface area contributed by atoms with Gasteiger partial charge in [0.15, 0.2) is 5.13 Å². The van der Waals surface area contributed by atoms with Gasteiger partial charge < -0.3 is 18.1 Å². The highest BCUT2D eigenvalue weighted by atomic mass is 35.5. The van der Waals surface area contributed by atoms with Gasteiger partial charge in [0, 0.05) is 4.88 Å². The molecular weight excluding hydrogens is 180 g/mol. The molecule has 1 aromatic rings. The molecule has 1 heterocycles. The molecule has 2 rings (SSSR count). The molecule has 0 fully saturated rings. The van der Waals surface area contributed by atoms with E-state index in [4.69, 9.17) is 5.73 Å². The van der Waals surface area contributed by atoms with Crippen LogP contribution < -0.4 is 18.1 Å². The first-order valence-corrected chi connectivity index (χ1v) is 4.42. The van der Waals surface area contributed by atoms with Crippen molar-refractivity contribution in [2.75, 3.05) is 5.73 Å². The van der Waals surface area contributed by atoms with Gasteiger partial charge >= 0.3 is 0 Å². The van der Waals surface area contributed by atoms with Crippen LogP contribution in [0.2, 0.25) is 0 Å². The number of thiazole rings is 1. The lowest BCUT2D eigenvalue weighted by Crippen LogP contribution is -3.00. The first-order chi connectivity index (χ1) is 4.86. The minimum Gasteiger partial charge on any atom is -1.00 e. The molecule has 0 saturated heterocycles. The van der Waals surface area contributed by atoms with Crippen LogP contribution in [-0.4, -0.2) is 4.98 Å². The Morgan fingerprint density at radius 1 is 1.27 bits per heavy atom. The number of aryl methyl sites for hydroxylation is 2. The lowest BCUT2D eigenvalue weighted by Gasteiger charge is -2.06. The molecule has 0 amide bonds. The molecule has 0 atom stereocenters. The van der Waals surface area contributed by atoms with Crippen LogP contribution in [0.3, 0.4) is 0 Å². The van der Waals surface area contributed by atoms with Gasteiger partial charge in [-0.3, -0.25) is 0 Å². The van der Waals surface area contributed by atoms with Crippen molar-refractivity contribution < 1.29 is 12.4 Å². The van der Waals surface area contributed by atoms with Crippen molar-refractivity contribution in [3.8, 4) is 0 Å². The summed E-state index contributed by atoms with van der Waals surface area (Å²) in [7, 11) is 0. The molecule has 2 N–H and O–H groups in total. The van der Waals surface area contributed by atoms with E-state index in [0.29, 0.717) is 0 Å². The fraction of sp³-hybridized carbons (Fsp3) is 0.571. The van der Waals surface area contributed by atoms with Crippen molar-refractivity contribution in [3.63, 3.8) is 0 Å². The molecular formula is C7H10ClN2S-. The Balaban J connectivity index is 0.000000605. The molecule has 0 saturated carbocycles. The van der Waals surface area contributed by atoms with Crippen molar-refractivity contribution in [1.29, 1.82) is 0 Å². The van der Waals surface area contributed by atoms with Crippen LogP contribution in [0.5, 0.6) is 0 Å². The van der Waals surface area contributed by atoms with Gasteiger partial charge in [0.25, 0.3) is 0 Å². The smallest absolute Gasteiger partial charge is 0.180 e. The van der Waals surface area contributed by atoms with Crippen LogP contribution in [0.15, 0.2) is 0 Å². The summed E-state index contributed by atoms with van der Waals surface area (Å²) in [6.45, 7) is 0. The van der Waals surface area contributed by atoms with Crippen molar-refractivity contribution >= 4 is 16.5 Å². The second-order valence-corrected chi connectivity index (χ2v) is 3.74. The summed E-state index contributed by atoms with van der Waals surface area (Å²) in [6.07, 6.45) is 4.94. The predicted molar refractivity (Wildman–Crippen MR) is 43.2 cm³/mol. The summed E-state index contributed by atoms with van der Waals surface area (Å²) in [5, 5.41) is 0.743. The maximum absolute atomic E-state index is 5.57. The van der Waals surface area contributed by atoms with Crippen LogP contribution >= 0.6 is 11.3 Å². The molecule has 0 aliphatic heterocycles. The second kappa shape index (κ2) is 3.41. The summed E-state index contributed by atoms with van der Waals surface area (Å²) in [4.78, 5) is 5.67. The first kappa shape index (κ1) is 8.81. The Morgan fingerprint density at radius 2 is 2.00 bits per heavy atom. The minimum absolute atomic E-state index is 0. The SMILES string of the molecule is Nc1nc2c(s1)CCCC2.[Cl-]. The van der Waals surface area contributed by atoms with E-state index < -0.39 is 0 Å². The summed E-state index contributed by atoms with van der Waals surface area (Å²) in [5.74, 6) is 0. The van der Waals surface area contributed by atoms with Crippen LogP contribution in [0.1, 0.15) is 23.4 Å². The molecule has 1 aliphatic carbocycles. The van der Waals surface area contributed by atoms with Gasteiger partial charge in [-0.2, -0.15) is 0 Å². The standard InChI is InChI=1S/C7H10N2S.ClH/c8-7-9-5-3-1-2-4-6(5)10-7;/h1-4H2,(H2,8,9);1H/p-1. The van der Waals surface area contributed by atoms with E-state index in [0.717, 1.165) is 11.6 Å². The van der Waals surface area contributed by atoms with Gasteiger partial charge in [-0.05, 0) is 25.7 Å². The van der Waals surface area contributed by atoms with Gasteiger partial charge in [-0.25, -0.2) is 4.98 Å². The summed E-state index contributed by atoms with van der Waals surface area (Å²) >= 11 is 1.66. The molecule has 62 valence electrons. The van der Waals surface area contributed by atoms with Gasteiger partial charge in [0.2, 0.25) is 0 Å². The van der Waals surface area contributed by atoms with Gasteiger partial charge in [-0.1, -0.05) is 0 Å². The number of halogens is 1. The number of hydrogen-bond acceptors (Lipinski definition) is 3.